The Labute approximate surface area is 281 Å². The van der Waals surface area contributed by atoms with E-state index in [2.05, 4.69) is 9.71 Å². The van der Waals surface area contributed by atoms with Gasteiger partial charge in [-0.05, 0) is 75.6 Å². The van der Waals surface area contributed by atoms with E-state index < -0.39 is 49.8 Å². The lowest BCUT2D eigenvalue weighted by atomic mass is 10.0. The number of carbonyl (C=O) groups is 1. The van der Waals surface area contributed by atoms with Gasteiger partial charge >= 0.3 is 0 Å². The molecule has 2 N–H and O–H groups in total. The van der Waals surface area contributed by atoms with Gasteiger partial charge in [-0.2, -0.15) is 12.7 Å². The van der Waals surface area contributed by atoms with Gasteiger partial charge in [0.15, 0.2) is 5.03 Å². The third-order valence-corrected chi connectivity index (χ3v) is 11.3. The van der Waals surface area contributed by atoms with E-state index in [4.69, 9.17) is 9.47 Å². The molecule has 13 nitrogen and oxygen atoms in total. The minimum atomic E-state index is -4.07. The maximum atomic E-state index is 14.3. The van der Waals surface area contributed by atoms with Crippen molar-refractivity contribution in [2.45, 2.75) is 68.2 Å². The number of rotatable bonds is 9. The van der Waals surface area contributed by atoms with Crippen molar-refractivity contribution < 1.29 is 40.6 Å². The van der Waals surface area contributed by atoms with Crippen LogP contribution in [0.2, 0.25) is 0 Å². The Kier molecular flexibility index (Phi) is 12.2. The summed E-state index contributed by atoms with van der Waals surface area (Å²) < 4.78 is 83.8. The summed E-state index contributed by atoms with van der Waals surface area (Å²) in [4.78, 5) is 19.6. The fourth-order valence-electron chi connectivity index (χ4n) is 5.32. The van der Waals surface area contributed by atoms with Crippen molar-refractivity contribution in [3.8, 4) is 5.75 Å². The van der Waals surface area contributed by atoms with E-state index in [0.29, 0.717) is 19.4 Å². The first-order valence-electron chi connectivity index (χ1n) is 15.7. The number of aromatic nitrogens is 2. The maximum absolute atomic E-state index is 14.3. The van der Waals surface area contributed by atoms with Crippen molar-refractivity contribution in [2.75, 3.05) is 38.1 Å². The van der Waals surface area contributed by atoms with E-state index in [1.807, 2.05) is 13.8 Å². The van der Waals surface area contributed by atoms with Gasteiger partial charge in [0.25, 0.3) is 15.9 Å². The molecule has 0 saturated carbocycles. The van der Waals surface area contributed by atoms with Crippen LogP contribution in [-0.4, -0.2) is 98.2 Å². The highest BCUT2D eigenvalue weighted by molar-refractivity contribution is 7.92. The molecule has 1 amide bonds. The van der Waals surface area contributed by atoms with Gasteiger partial charge in [0.1, 0.15) is 11.6 Å². The fourth-order valence-corrected chi connectivity index (χ4v) is 7.54. The maximum Gasteiger partial charge on any atom is 0.280 e. The molecule has 0 saturated heterocycles. The number of likely N-dealkylation sites (N-methyl/N-ethyl adjacent to an activating group) is 1. The Hall–Kier alpha value is -3.57. The zero-order chi connectivity index (χ0) is 35.2. The molecular formula is C32H44FN5O8S2. The van der Waals surface area contributed by atoms with Crippen molar-refractivity contribution in [2.24, 2.45) is 13.0 Å². The number of ether oxygens (including phenoxy) is 2. The van der Waals surface area contributed by atoms with Crippen LogP contribution >= 0.6 is 0 Å². The summed E-state index contributed by atoms with van der Waals surface area (Å²) in [7, 11) is -4.99. The SMILES string of the molecule is C[C@@H]1CN([C@@H](C)CO)C(=O)c2cc(NS(=O)(=O)c3cn(C)cn3)ccc2O[C@@H](C)CCCCO[C@@H]1CN(C)S(=O)(=O)c1ccc(F)cc1. The van der Waals surface area contributed by atoms with Crippen molar-refractivity contribution in [3.05, 3.63) is 66.4 Å². The largest absolute Gasteiger partial charge is 0.490 e. The van der Waals surface area contributed by atoms with Crippen LogP contribution in [0.4, 0.5) is 10.1 Å². The second kappa shape index (κ2) is 15.8. The number of hydrogen-bond acceptors (Lipinski definition) is 9. The Morgan fingerprint density at radius 3 is 2.48 bits per heavy atom. The summed E-state index contributed by atoms with van der Waals surface area (Å²) in [5, 5.41) is 9.99. The fraction of sp³-hybridized carbons (Fsp3) is 0.500. The third-order valence-electron chi connectivity index (χ3n) is 8.22. The molecule has 1 aliphatic heterocycles. The number of nitrogens with zero attached hydrogens (tertiary/aromatic N) is 4. The smallest absolute Gasteiger partial charge is 0.280 e. The summed E-state index contributed by atoms with van der Waals surface area (Å²) in [5.41, 5.74) is 0.199. The van der Waals surface area contributed by atoms with Gasteiger partial charge in [0, 0.05) is 51.6 Å². The van der Waals surface area contributed by atoms with Gasteiger partial charge in [0.05, 0.1) is 41.6 Å². The van der Waals surface area contributed by atoms with Crippen molar-refractivity contribution in [1.29, 1.82) is 0 Å². The lowest BCUT2D eigenvalue weighted by molar-refractivity contribution is -0.00834. The molecule has 4 atom stereocenters. The van der Waals surface area contributed by atoms with Gasteiger partial charge in [0.2, 0.25) is 10.0 Å². The minimum absolute atomic E-state index is 0.0496. The standard InChI is InChI=1S/C32H44FN5O8S2/c1-22-17-38(23(2)20-39)32(40)28-16-26(35-47(41,42)31-19-36(4)21-34-31)11-14-29(28)46-24(3)8-6-7-15-45-30(22)18-37(5)48(43,44)27-12-9-25(33)10-13-27/h9-14,16,19,21-24,30,35,39H,6-8,15,17-18,20H2,1-5H3/t22-,23+,24+,30-/m1/s1. The summed E-state index contributed by atoms with van der Waals surface area (Å²) in [6.07, 6.45) is 3.78. The van der Waals surface area contributed by atoms with Crippen LogP contribution in [0.3, 0.4) is 0 Å². The molecule has 4 rings (SSSR count). The highest BCUT2D eigenvalue weighted by Crippen LogP contribution is 2.29. The normalized spacial score (nSPS) is 20.9. The quantitative estimate of drug-likeness (QED) is 0.339. The summed E-state index contributed by atoms with van der Waals surface area (Å²) in [6.45, 7) is 5.35. The molecule has 0 bridgehead atoms. The number of aryl methyl sites for hydroxylation is 1. The van der Waals surface area contributed by atoms with E-state index in [9.17, 15) is 31.1 Å². The molecule has 0 aliphatic carbocycles. The molecule has 0 spiro atoms. The second-order valence-electron chi connectivity index (χ2n) is 12.2. The van der Waals surface area contributed by atoms with Crippen molar-refractivity contribution in [1.82, 2.24) is 18.8 Å². The number of carbonyl (C=O) groups excluding carboxylic acids is 1. The first-order valence-corrected chi connectivity index (χ1v) is 18.6. The zero-order valence-corrected chi connectivity index (χ0v) is 29.4. The van der Waals surface area contributed by atoms with Crippen LogP contribution in [-0.2, 0) is 31.8 Å². The average molecular weight is 710 g/mol. The molecule has 0 unspecified atom stereocenters. The lowest BCUT2D eigenvalue weighted by Gasteiger charge is -2.35. The number of aliphatic hydroxyl groups is 1. The minimum Gasteiger partial charge on any atom is -0.490 e. The van der Waals surface area contributed by atoms with Gasteiger partial charge < -0.3 is 24.0 Å². The number of anilines is 1. The molecular weight excluding hydrogens is 666 g/mol. The zero-order valence-electron chi connectivity index (χ0n) is 27.7. The van der Waals surface area contributed by atoms with Crippen molar-refractivity contribution >= 4 is 31.6 Å². The Balaban J connectivity index is 1.67. The number of halogens is 1. The number of amides is 1. The number of hydrogen-bond donors (Lipinski definition) is 2. The van der Waals surface area contributed by atoms with Crippen LogP contribution in [0.15, 0.2) is 64.9 Å². The molecule has 2 heterocycles. The molecule has 1 aliphatic rings. The van der Waals surface area contributed by atoms with Crippen LogP contribution in [0.1, 0.15) is 50.4 Å². The first kappa shape index (κ1) is 37.3. The van der Waals surface area contributed by atoms with Crippen LogP contribution in [0.25, 0.3) is 0 Å². The number of nitrogens with one attached hydrogen (secondary N) is 1. The van der Waals surface area contributed by atoms with Crippen LogP contribution in [0.5, 0.6) is 5.75 Å². The van der Waals surface area contributed by atoms with E-state index in [0.717, 1.165) is 22.9 Å². The monoisotopic (exact) mass is 709 g/mol. The molecule has 264 valence electrons. The molecule has 16 heteroatoms. The average Bonchev–Trinajstić information content (AvgIpc) is 3.49. The molecule has 0 fully saturated rings. The summed E-state index contributed by atoms with van der Waals surface area (Å²) in [5.74, 6) is -1.24. The first-order chi connectivity index (χ1) is 22.6. The Bertz CT molecular complexity index is 1770. The molecule has 2 aromatic carbocycles. The number of fused-ring (bicyclic) bond motifs is 1. The third kappa shape index (κ3) is 9.11. The van der Waals surface area contributed by atoms with E-state index in [1.165, 1.54) is 59.4 Å². The number of sulfonamides is 2. The molecule has 0 radical (unpaired) electrons. The van der Waals surface area contributed by atoms with Gasteiger partial charge in [-0.1, -0.05) is 6.92 Å². The summed E-state index contributed by atoms with van der Waals surface area (Å²) in [6, 6.07) is 8.34. The summed E-state index contributed by atoms with van der Waals surface area (Å²) >= 11 is 0. The van der Waals surface area contributed by atoms with Crippen molar-refractivity contribution in [3.63, 3.8) is 0 Å². The van der Waals surface area contributed by atoms with Gasteiger partial charge in [-0.3, -0.25) is 9.52 Å². The number of benzene rings is 2. The Morgan fingerprint density at radius 1 is 1.12 bits per heavy atom. The second-order valence-corrected chi connectivity index (χ2v) is 15.9. The van der Waals surface area contributed by atoms with Gasteiger partial charge in [-0.25, -0.2) is 17.8 Å². The van der Waals surface area contributed by atoms with E-state index >= 15 is 0 Å². The van der Waals surface area contributed by atoms with E-state index in [-0.39, 0.29) is 52.7 Å². The number of imidazole rings is 1. The molecule has 48 heavy (non-hydrogen) atoms. The predicted octanol–water partition coefficient (Wildman–Crippen LogP) is 3.48. The highest BCUT2D eigenvalue weighted by atomic mass is 32.2. The highest BCUT2D eigenvalue weighted by Gasteiger charge is 2.33. The van der Waals surface area contributed by atoms with Crippen LogP contribution < -0.4 is 9.46 Å². The number of aliphatic hydroxyl groups excluding tert-OH is 1. The predicted molar refractivity (Wildman–Crippen MR) is 177 cm³/mol. The lowest BCUT2D eigenvalue weighted by Crippen LogP contribution is -2.48. The topological polar surface area (TPSA) is 160 Å². The molecule has 1 aromatic heterocycles. The van der Waals surface area contributed by atoms with Crippen LogP contribution in [0, 0.1) is 11.7 Å². The molecule has 3 aromatic rings. The van der Waals surface area contributed by atoms with E-state index in [1.54, 1.807) is 14.0 Å². The Morgan fingerprint density at radius 2 is 1.83 bits per heavy atom. The van der Waals surface area contributed by atoms with Gasteiger partial charge in [-0.15, -0.1) is 0 Å².